The molecule has 0 fully saturated rings. The lowest BCUT2D eigenvalue weighted by Gasteiger charge is -2.20. The summed E-state index contributed by atoms with van der Waals surface area (Å²) < 4.78 is 15.7. The molecule has 9 heteroatoms. The van der Waals surface area contributed by atoms with E-state index in [1.165, 1.54) is 12.1 Å². The van der Waals surface area contributed by atoms with Gasteiger partial charge in [0.25, 0.3) is 0 Å². The van der Waals surface area contributed by atoms with Crippen molar-refractivity contribution in [1.82, 2.24) is 14.9 Å². The Labute approximate surface area is 158 Å². The van der Waals surface area contributed by atoms with Crippen LogP contribution in [0.25, 0.3) is 0 Å². The molecular weight excluding hydrogens is 368 g/mol. The van der Waals surface area contributed by atoms with E-state index in [0.717, 1.165) is 5.69 Å². The van der Waals surface area contributed by atoms with Crippen molar-refractivity contribution in [2.24, 2.45) is 12.8 Å². The van der Waals surface area contributed by atoms with E-state index in [0.29, 0.717) is 12.0 Å². The van der Waals surface area contributed by atoms with E-state index in [4.69, 9.17) is 11.0 Å². The van der Waals surface area contributed by atoms with Crippen molar-refractivity contribution in [1.29, 1.82) is 5.26 Å². The second-order valence-corrected chi connectivity index (χ2v) is 5.21. The van der Waals surface area contributed by atoms with E-state index in [-0.39, 0.29) is 49.3 Å². The molecule has 1 atom stereocenters. The molecule has 2 aromatic rings. The molecule has 0 bridgehead atoms. The van der Waals surface area contributed by atoms with E-state index in [1.807, 2.05) is 11.6 Å². The molecule has 0 aliphatic carbocycles. The second kappa shape index (κ2) is 10.7. The van der Waals surface area contributed by atoms with Gasteiger partial charge in [0, 0.05) is 38.3 Å². The van der Waals surface area contributed by atoms with Crippen molar-refractivity contribution in [3.8, 4) is 6.07 Å². The van der Waals surface area contributed by atoms with Gasteiger partial charge in [-0.2, -0.15) is 5.26 Å². The van der Waals surface area contributed by atoms with E-state index in [2.05, 4.69) is 10.3 Å². The maximum absolute atomic E-state index is 13.9. The number of aromatic nitrogens is 2. The summed E-state index contributed by atoms with van der Waals surface area (Å²) in [5.41, 5.74) is 6.86. The summed E-state index contributed by atoms with van der Waals surface area (Å²) in [6.45, 7) is 0.242. The Morgan fingerprint density at radius 2 is 2.20 bits per heavy atom. The standard InChI is InChI=1S/C16H18FN5O.2ClH/c1-22-10-20-9-13(22)7-15(21-16(23)4-5-18)11-2-3-12(8-19)14(17)6-11;;/h2-3,6,9-10,15H,4-5,7,18H2,1H3,(H,21,23);2*1H. The Bertz CT molecular complexity index is 744. The molecular formula is C16H20Cl2FN5O. The molecule has 1 amide bonds. The van der Waals surface area contributed by atoms with Crippen LogP contribution in [-0.4, -0.2) is 22.0 Å². The average molecular weight is 388 g/mol. The molecule has 1 heterocycles. The van der Waals surface area contributed by atoms with Gasteiger partial charge in [-0.3, -0.25) is 4.79 Å². The lowest BCUT2D eigenvalue weighted by molar-refractivity contribution is -0.121. The number of nitrogens with two attached hydrogens (primary N) is 1. The van der Waals surface area contributed by atoms with Gasteiger partial charge in [0.2, 0.25) is 5.91 Å². The monoisotopic (exact) mass is 387 g/mol. The van der Waals surface area contributed by atoms with Crippen molar-refractivity contribution in [3.63, 3.8) is 0 Å². The van der Waals surface area contributed by atoms with E-state index in [1.54, 1.807) is 24.7 Å². The Kier molecular flexibility index (Phi) is 9.76. The number of hydrogen-bond acceptors (Lipinski definition) is 4. The van der Waals surface area contributed by atoms with Crippen LogP contribution in [0, 0.1) is 17.1 Å². The molecule has 0 saturated heterocycles. The van der Waals surface area contributed by atoms with Crippen molar-refractivity contribution < 1.29 is 9.18 Å². The first-order valence-corrected chi connectivity index (χ1v) is 7.19. The highest BCUT2D eigenvalue weighted by Crippen LogP contribution is 2.21. The van der Waals surface area contributed by atoms with Crippen LogP contribution in [0.15, 0.2) is 30.7 Å². The normalized spacial score (nSPS) is 10.8. The number of carbonyl (C=O) groups excluding carboxylic acids is 1. The van der Waals surface area contributed by atoms with Crippen LogP contribution in [0.5, 0.6) is 0 Å². The summed E-state index contributed by atoms with van der Waals surface area (Å²) in [4.78, 5) is 15.9. The number of carbonyl (C=O) groups is 1. The molecule has 3 N–H and O–H groups in total. The number of rotatable bonds is 6. The number of hydrogen-bond donors (Lipinski definition) is 2. The van der Waals surface area contributed by atoms with Gasteiger partial charge in [-0.1, -0.05) is 6.07 Å². The number of amides is 1. The van der Waals surface area contributed by atoms with Crippen molar-refractivity contribution in [2.75, 3.05) is 6.54 Å². The van der Waals surface area contributed by atoms with Gasteiger partial charge in [0.05, 0.1) is 17.9 Å². The van der Waals surface area contributed by atoms with Crippen LogP contribution in [0.3, 0.4) is 0 Å². The van der Waals surface area contributed by atoms with Gasteiger partial charge in [0.15, 0.2) is 0 Å². The third-order valence-corrected chi connectivity index (χ3v) is 3.55. The molecule has 1 aromatic carbocycles. The third kappa shape index (κ3) is 6.02. The maximum Gasteiger partial charge on any atom is 0.221 e. The SMILES string of the molecule is Cl.Cl.Cn1cncc1CC(NC(=O)CCN)c1ccc(C#N)c(F)c1. The smallest absolute Gasteiger partial charge is 0.221 e. The molecule has 0 aliphatic rings. The van der Waals surface area contributed by atoms with Gasteiger partial charge in [-0.05, 0) is 17.7 Å². The predicted octanol–water partition coefficient (Wildman–Crippen LogP) is 2.02. The molecule has 0 spiro atoms. The number of nitrogens with zero attached hydrogens (tertiary/aromatic N) is 3. The number of imidazole rings is 1. The summed E-state index contributed by atoms with van der Waals surface area (Å²) in [5.74, 6) is -0.808. The second-order valence-electron chi connectivity index (χ2n) is 5.21. The minimum absolute atomic E-state index is 0. The summed E-state index contributed by atoms with van der Waals surface area (Å²) in [6, 6.07) is 5.70. The van der Waals surface area contributed by atoms with E-state index in [9.17, 15) is 9.18 Å². The topological polar surface area (TPSA) is 96.7 Å². The Morgan fingerprint density at radius 1 is 1.48 bits per heavy atom. The third-order valence-electron chi connectivity index (χ3n) is 3.55. The van der Waals surface area contributed by atoms with Crippen molar-refractivity contribution >= 4 is 30.7 Å². The number of nitrogens with one attached hydrogen (secondary N) is 1. The van der Waals surface area contributed by atoms with Crippen LogP contribution in [0.1, 0.15) is 29.3 Å². The first kappa shape index (κ1) is 22.9. The Morgan fingerprint density at radius 3 is 2.72 bits per heavy atom. The van der Waals surface area contributed by atoms with Gasteiger partial charge in [-0.15, -0.1) is 24.8 Å². The number of benzene rings is 1. The zero-order valence-electron chi connectivity index (χ0n) is 13.6. The largest absolute Gasteiger partial charge is 0.349 e. The summed E-state index contributed by atoms with van der Waals surface area (Å²) in [7, 11) is 1.85. The summed E-state index contributed by atoms with van der Waals surface area (Å²) in [5, 5.41) is 11.7. The molecule has 1 unspecified atom stereocenters. The first-order valence-electron chi connectivity index (χ1n) is 7.19. The molecule has 0 saturated carbocycles. The zero-order valence-corrected chi connectivity index (χ0v) is 15.2. The van der Waals surface area contributed by atoms with Crippen LogP contribution < -0.4 is 11.1 Å². The van der Waals surface area contributed by atoms with E-state index >= 15 is 0 Å². The van der Waals surface area contributed by atoms with Crippen molar-refractivity contribution in [3.05, 3.63) is 53.4 Å². The fourth-order valence-electron chi connectivity index (χ4n) is 2.28. The molecule has 25 heavy (non-hydrogen) atoms. The maximum atomic E-state index is 13.9. The van der Waals surface area contributed by atoms with Crippen LogP contribution in [0.4, 0.5) is 4.39 Å². The molecule has 136 valence electrons. The zero-order chi connectivity index (χ0) is 16.8. The van der Waals surface area contributed by atoms with Gasteiger partial charge < -0.3 is 15.6 Å². The highest BCUT2D eigenvalue weighted by Gasteiger charge is 2.18. The quantitative estimate of drug-likeness (QED) is 0.791. The molecule has 6 nitrogen and oxygen atoms in total. The minimum Gasteiger partial charge on any atom is -0.349 e. The lowest BCUT2D eigenvalue weighted by Crippen LogP contribution is -2.31. The number of halogens is 3. The Hall–Kier alpha value is -2.14. The summed E-state index contributed by atoms with van der Waals surface area (Å²) >= 11 is 0. The van der Waals surface area contributed by atoms with Crippen LogP contribution in [0.2, 0.25) is 0 Å². The Balaban J connectivity index is 0.00000288. The van der Waals surface area contributed by atoms with Gasteiger partial charge in [-0.25, -0.2) is 9.37 Å². The molecule has 2 rings (SSSR count). The summed E-state index contributed by atoms with van der Waals surface area (Å²) in [6.07, 6.45) is 4.01. The van der Waals surface area contributed by atoms with E-state index < -0.39 is 11.9 Å². The first-order chi connectivity index (χ1) is 11.0. The highest BCUT2D eigenvalue weighted by atomic mass is 35.5. The average Bonchev–Trinajstić information content (AvgIpc) is 2.92. The van der Waals surface area contributed by atoms with Crippen molar-refractivity contribution in [2.45, 2.75) is 18.9 Å². The molecule has 1 aromatic heterocycles. The fraction of sp³-hybridized carbons (Fsp3) is 0.312. The van der Waals surface area contributed by atoms with Gasteiger partial charge in [0.1, 0.15) is 11.9 Å². The predicted molar refractivity (Wildman–Crippen MR) is 97.1 cm³/mol. The van der Waals surface area contributed by atoms with Crippen LogP contribution >= 0.6 is 24.8 Å². The fourth-order valence-corrected chi connectivity index (χ4v) is 2.28. The lowest BCUT2D eigenvalue weighted by atomic mass is 10.00. The minimum atomic E-state index is -0.604. The highest BCUT2D eigenvalue weighted by molar-refractivity contribution is 5.85. The van der Waals surface area contributed by atoms with Gasteiger partial charge >= 0.3 is 0 Å². The molecule has 0 radical (unpaired) electrons. The van der Waals surface area contributed by atoms with Crippen LogP contribution in [-0.2, 0) is 18.3 Å². The number of aryl methyl sites for hydroxylation is 1. The molecule has 0 aliphatic heterocycles. The number of nitriles is 1.